The van der Waals surface area contributed by atoms with Crippen molar-refractivity contribution >= 4 is 48.8 Å². The quantitative estimate of drug-likeness (QED) is 0.411. The summed E-state index contributed by atoms with van der Waals surface area (Å²) in [7, 11) is 1.57. The second-order valence-electron chi connectivity index (χ2n) is 6.71. The van der Waals surface area contributed by atoms with Crippen LogP contribution in [-0.2, 0) is 0 Å². The van der Waals surface area contributed by atoms with Crippen LogP contribution in [0.15, 0.2) is 49.4 Å². The summed E-state index contributed by atoms with van der Waals surface area (Å²) < 4.78 is 8.08. The molecule has 4 rings (SSSR count). The predicted octanol–water partition coefficient (Wildman–Crippen LogP) is 3.98. The van der Waals surface area contributed by atoms with Crippen molar-refractivity contribution in [3.05, 3.63) is 72.3 Å². The van der Waals surface area contributed by atoms with Crippen LogP contribution < -0.4 is 16.0 Å². The zero-order chi connectivity index (χ0) is 22.3. The number of aliphatic imine (C=N–C) groups is 1. The molecule has 2 aromatic heterocycles. The van der Waals surface area contributed by atoms with E-state index in [0.717, 1.165) is 24.9 Å². The van der Waals surface area contributed by atoms with Crippen LogP contribution in [-0.4, -0.2) is 33.0 Å². The van der Waals surface area contributed by atoms with E-state index in [9.17, 15) is 14.7 Å². The Bertz CT molecular complexity index is 1470. The molecule has 158 valence electrons. The number of hydrogen-bond acceptors (Lipinski definition) is 7. The molecule has 0 radical (unpaired) electrons. The smallest absolute Gasteiger partial charge is 0.335 e. The average molecular weight is 501 g/mol. The standard InChI is InChI=1S/C21H17BrN4O4S/c1-10-11(2)15(8-7-13(10)22)26-19(28)12(18(27)25-21(26)29)9-23-20-24-14-5-4-6-16(30-3)17(14)31-20/h4-9,28H,1-3H3,(H,25,27,29)/b23-9+. The number of nitrogens with one attached hydrogen (secondary N) is 1. The van der Waals surface area contributed by atoms with Gasteiger partial charge < -0.3 is 9.84 Å². The summed E-state index contributed by atoms with van der Waals surface area (Å²) >= 11 is 4.74. The third-order valence-electron chi connectivity index (χ3n) is 4.95. The lowest BCUT2D eigenvalue weighted by atomic mass is 10.1. The Kier molecular flexibility index (Phi) is 5.50. The van der Waals surface area contributed by atoms with Gasteiger partial charge in [0.25, 0.3) is 5.56 Å². The van der Waals surface area contributed by atoms with Crippen LogP contribution in [0.3, 0.4) is 0 Å². The molecule has 0 fully saturated rings. The van der Waals surface area contributed by atoms with Crippen molar-refractivity contribution < 1.29 is 9.84 Å². The van der Waals surface area contributed by atoms with Crippen LogP contribution in [0.4, 0.5) is 5.13 Å². The van der Waals surface area contributed by atoms with Crippen LogP contribution >= 0.6 is 27.3 Å². The first-order valence-corrected chi connectivity index (χ1v) is 10.7. The molecular formula is C21H17BrN4O4S. The van der Waals surface area contributed by atoms with E-state index in [4.69, 9.17) is 4.74 Å². The second kappa shape index (κ2) is 8.12. The van der Waals surface area contributed by atoms with Crippen LogP contribution in [0, 0.1) is 13.8 Å². The van der Waals surface area contributed by atoms with Gasteiger partial charge >= 0.3 is 5.69 Å². The SMILES string of the molecule is COc1cccc2nc(/N=C/c3c(O)n(-c4ccc(Br)c(C)c4C)c(=O)[nH]c3=O)sc12. The Hall–Kier alpha value is -3.24. The van der Waals surface area contributed by atoms with Crippen LogP contribution in [0.2, 0.25) is 0 Å². The van der Waals surface area contributed by atoms with E-state index in [1.807, 2.05) is 32.0 Å². The van der Waals surface area contributed by atoms with E-state index in [0.29, 0.717) is 22.1 Å². The third-order valence-corrected chi connectivity index (χ3v) is 6.80. The topological polar surface area (TPSA) is 110 Å². The molecule has 0 aliphatic carbocycles. The molecule has 8 nitrogen and oxygen atoms in total. The van der Waals surface area contributed by atoms with Gasteiger partial charge in [-0.25, -0.2) is 19.3 Å². The van der Waals surface area contributed by atoms with E-state index in [1.54, 1.807) is 19.2 Å². The Balaban J connectivity index is 1.84. The number of hydrogen-bond donors (Lipinski definition) is 2. The van der Waals surface area contributed by atoms with Crippen molar-refractivity contribution in [2.75, 3.05) is 7.11 Å². The molecule has 0 bridgehead atoms. The van der Waals surface area contributed by atoms with Crippen molar-refractivity contribution in [3.8, 4) is 17.3 Å². The summed E-state index contributed by atoms with van der Waals surface area (Å²) in [6.45, 7) is 3.72. The molecule has 0 aliphatic heterocycles. The number of rotatable bonds is 4. The number of aromatic nitrogens is 3. The van der Waals surface area contributed by atoms with Crippen LogP contribution in [0.25, 0.3) is 15.9 Å². The molecule has 0 aliphatic rings. The normalized spacial score (nSPS) is 11.5. The molecule has 10 heteroatoms. The highest BCUT2D eigenvalue weighted by atomic mass is 79.9. The zero-order valence-corrected chi connectivity index (χ0v) is 19.2. The maximum absolute atomic E-state index is 12.5. The van der Waals surface area contributed by atoms with Gasteiger partial charge in [0.15, 0.2) is 0 Å². The van der Waals surface area contributed by atoms with E-state index >= 15 is 0 Å². The first-order valence-electron chi connectivity index (χ1n) is 9.13. The first kappa shape index (κ1) is 21.0. The highest BCUT2D eigenvalue weighted by Gasteiger charge is 2.17. The van der Waals surface area contributed by atoms with Gasteiger partial charge in [-0.1, -0.05) is 33.3 Å². The summed E-state index contributed by atoms with van der Waals surface area (Å²) in [5, 5.41) is 11.2. The number of benzene rings is 2. The third kappa shape index (κ3) is 3.68. The molecule has 0 spiro atoms. The summed E-state index contributed by atoms with van der Waals surface area (Å²) in [4.78, 5) is 35.8. The van der Waals surface area contributed by atoms with Gasteiger partial charge in [0.2, 0.25) is 11.0 Å². The minimum atomic E-state index is -0.743. The van der Waals surface area contributed by atoms with E-state index in [2.05, 4.69) is 30.9 Å². The van der Waals surface area contributed by atoms with Gasteiger partial charge in [-0.3, -0.25) is 9.78 Å². The summed E-state index contributed by atoms with van der Waals surface area (Å²) in [6, 6.07) is 8.94. The van der Waals surface area contributed by atoms with E-state index in [1.165, 1.54) is 17.6 Å². The van der Waals surface area contributed by atoms with Gasteiger partial charge in [-0.05, 0) is 49.2 Å². The predicted molar refractivity (Wildman–Crippen MR) is 125 cm³/mol. The lowest BCUT2D eigenvalue weighted by molar-refractivity contribution is 0.420. The number of methoxy groups -OCH3 is 1. The number of thiazole rings is 1. The first-order chi connectivity index (χ1) is 14.8. The second-order valence-corrected chi connectivity index (χ2v) is 8.54. The molecule has 0 saturated carbocycles. The molecule has 2 heterocycles. The van der Waals surface area contributed by atoms with Gasteiger partial charge in [-0.2, -0.15) is 0 Å². The fraction of sp³-hybridized carbons (Fsp3) is 0.143. The average Bonchev–Trinajstić information content (AvgIpc) is 3.16. The molecule has 0 unspecified atom stereocenters. The van der Waals surface area contributed by atoms with Crippen LogP contribution in [0.1, 0.15) is 16.7 Å². The maximum atomic E-state index is 12.5. The Morgan fingerprint density at radius 2 is 2.00 bits per heavy atom. The van der Waals surface area contributed by atoms with Crippen molar-refractivity contribution in [2.24, 2.45) is 4.99 Å². The molecule has 0 saturated heterocycles. The number of aromatic hydroxyl groups is 1. The lowest BCUT2D eigenvalue weighted by Crippen LogP contribution is -2.31. The summed E-state index contributed by atoms with van der Waals surface area (Å²) in [6.07, 6.45) is 1.20. The van der Waals surface area contributed by atoms with Crippen molar-refractivity contribution in [3.63, 3.8) is 0 Å². The van der Waals surface area contributed by atoms with Gasteiger partial charge in [0.05, 0.1) is 23.0 Å². The number of nitrogens with zero attached hydrogens (tertiary/aromatic N) is 3. The largest absolute Gasteiger partial charge is 0.495 e. The highest BCUT2D eigenvalue weighted by molar-refractivity contribution is 9.10. The van der Waals surface area contributed by atoms with Crippen molar-refractivity contribution in [2.45, 2.75) is 13.8 Å². The highest BCUT2D eigenvalue weighted by Crippen LogP contribution is 2.34. The maximum Gasteiger partial charge on any atom is 0.335 e. The Morgan fingerprint density at radius 3 is 2.74 bits per heavy atom. The molecule has 2 N–H and O–H groups in total. The monoisotopic (exact) mass is 500 g/mol. The summed E-state index contributed by atoms with van der Waals surface area (Å²) in [5.74, 6) is 0.174. The zero-order valence-electron chi connectivity index (χ0n) is 16.8. The van der Waals surface area contributed by atoms with E-state index < -0.39 is 17.1 Å². The van der Waals surface area contributed by atoms with Crippen LogP contribution in [0.5, 0.6) is 11.6 Å². The Morgan fingerprint density at radius 1 is 1.23 bits per heavy atom. The van der Waals surface area contributed by atoms with Crippen molar-refractivity contribution in [1.29, 1.82) is 0 Å². The van der Waals surface area contributed by atoms with Gasteiger partial charge in [0.1, 0.15) is 11.3 Å². The fourth-order valence-electron chi connectivity index (χ4n) is 3.14. The Labute approximate surface area is 188 Å². The number of H-pyrrole nitrogens is 1. The van der Waals surface area contributed by atoms with Gasteiger partial charge in [-0.15, -0.1) is 0 Å². The number of aromatic amines is 1. The lowest BCUT2D eigenvalue weighted by Gasteiger charge is -2.14. The minimum Gasteiger partial charge on any atom is -0.495 e. The number of halogens is 1. The molecular weight excluding hydrogens is 484 g/mol. The van der Waals surface area contributed by atoms with E-state index in [-0.39, 0.29) is 5.56 Å². The number of ether oxygens (including phenoxy) is 1. The molecule has 0 amide bonds. The molecule has 0 atom stereocenters. The van der Waals surface area contributed by atoms with Gasteiger partial charge in [0, 0.05) is 10.7 Å². The molecule has 2 aromatic carbocycles. The fourth-order valence-corrected chi connectivity index (χ4v) is 4.47. The molecule has 31 heavy (non-hydrogen) atoms. The molecule has 4 aromatic rings. The minimum absolute atomic E-state index is 0.147. The summed E-state index contributed by atoms with van der Waals surface area (Å²) in [5.41, 5.74) is 1.22. The number of fused-ring (bicyclic) bond motifs is 1. The van der Waals surface area contributed by atoms with Crippen molar-refractivity contribution in [1.82, 2.24) is 14.5 Å².